The van der Waals surface area contributed by atoms with Crippen molar-refractivity contribution in [2.75, 3.05) is 11.1 Å². The first kappa shape index (κ1) is 15.5. The summed E-state index contributed by atoms with van der Waals surface area (Å²) in [6.45, 7) is 4.09. The molecule has 1 amide bonds. The van der Waals surface area contributed by atoms with Gasteiger partial charge in [0.15, 0.2) is 11.5 Å². The maximum Gasteiger partial charge on any atom is 0.234 e. The van der Waals surface area contributed by atoms with Crippen LogP contribution in [0, 0.1) is 0 Å². The number of hydrogen-bond donors (Lipinski definition) is 1. The number of nitrogens with one attached hydrogen (secondary N) is 1. The molecule has 0 saturated carbocycles. The molecule has 3 rings (SSSR count). The molecule has 0 atom stereocenters. The van der Waals surface area contributed by atoms with Gasteiger partial charge in [-0.3, -0.25) is 4.79 Å². The normalized spacial score (nSPS) is 11.1. The number of para-hydroxylation sites is 1. The molecule has 3 aromatic rings. The van der Waals surface area contributed by atoms with Gasteiger partial charge >= 0.3 is 0 Å². The Morgan fingerprint density at radius 1 is 1.17 bits per heavy atom. The second kappa shape index (κ2) is 6.78. The number of amides is 1. The van der Waals surface area contributed by atoms with Gasteiger partial charge in [0.25, 0.3) is 0 Å². The van der Waals surface area contributed by atoms with E-state index in [0.717, 1.165) is 16.5 Å². The minimum atomic E-state index is -0.0593. The van der Waals surface area contributed by atoms with Gasteiger partial charge < -0.3 is 5.32 Å². The van der Waals surface area contributed by atoms with Gasteiger partial charge in [-0.2, -0.15) is 9.61 Å². The highest BCUT2D eigenvalue weighted by Gasteiger charge is 2.12. The average molecular weight is 327 g/mol. The lowest BCUT2D eigenvalue weighted by molar-refractivity contribution is -0.113. The monoisotopic (exact) mass is 327 g/mol. The maximum absolute atomic E-state index is 12.0. The van der Waals surface area contributed by atoms with Gasteiger partial charge in [0, 0.05) is 11.6 Å². The molecule has 0 aliphatic heterocycles. The molecule has 7 heteroatoms. The van der Waals surface area contributed by atoms with Crippen LogP contribution in [0.5, 0.6) is 0 Å². The van der Waals surface area contributed by atoms with Gasteiger partial charge in [-0.1, -0.05) is 43.8 Å². The summed E-state index contributed by atoms with van der Waals surface area (Å²) >= 11 is 1.39. The van der Waals surface area contributed by atoms with Gasteiger partial charge in [0.1, 0.15) is 5.03 Å². The summed E-state index contributed by atoms with van der Waals surface area (Å²) in [5, 5.41) is 16.4. The summed E-state index contributed by atoms with van der Waals surface area (Å²) in [4.78, 5) is 12.0. The Hall–Kier alpha value is -2.41. The molecular formula is C16H17N5OS. The van der Waals surface area contributed by atoms with Crippen LogP contribution in [0.25, 0.3) is 5.65 Å². The standard InChI is InChI=1S/C16H17N5OS/c1-11(2)16-19-18-13-8-9-15(20-21(13)16)23-10-14(22)17-12-6-4-3-5-7-12/h3-9,11H,10H2,1-2H3,(H,17,22). The Labute approximate surface area is 138 Å². The average Bonchev–Trinajstić information content (AvgIpc) is 2.97. The van der Waals surface area contributed by atoms with Crippen LogP contribution >= 0.6 is 11.8 Å². The minimum Gasteiger partial charge on any atom is -0.325 e. The zero-order valence-corrected chi connectivity index (χ0v) is 13.7. The van der Waals surface area contributed by atoms with E-state index in [1.165, 1.54) is 11.8 Å². The Kier molecular flexibility index (Phi) is 4.57. The highest BCUT2D eigenvalue weighted by atomic mass is 32.2. The molecular weight excluding hydrogens is 310 g/mol. The fourth-order valence-corrected chi connectivity index (χ4v) is 2.74. The van der Waals surface area contributed by atoms with E-state index < -0.39 is 0 Å². The molecule has 118 valence electrons. The predicted molar refractivity (Wildman–Crippen MR) is 90.7 cm³/mol. The van der Waals surface area contributed by atoms with Crippen molar-refractivity contribution in [3.05, 3.63) is 48.3 Å². The molecule has 0 aliphatic rings. The Balaban J connectivity index is 1.67. The lowest BCUT2D eigenvalue weighted by Gasteiger charge is -2.06. The maximum atomic E-state index is 12.0. The van der Waals surface area contributed by atoms with Gasteiger partial charge in [-0.25, -0.2) is 0 Å². The largest absolute Gasteiger partial charge is 0.325 e. The lowest BCUT2D eigenvalue weighted by Crippen LogP contribution is -2.14. The van der Waals surface area contributed by atoms with Crippen LogP contribution in [0.2, 0.25) is 0 Å². The number of hydrogen-bond acceptors (Lipinski definition) is 5. The van der Waals surface area contributed by atoms with E-state index in [1.807, 2.05) is 56.3 Å². The zero-order valence-electron chi connectivity index (χ0n) is 12.9. The third-order valence-corrected chi connectivity index (χ3v) is 4.11. The van der Waals surface area contributed by atoms with Gasteiger partial charge in [-0.15, -0.1) is 10.2 Å². The van der Waals surface area contributed by atoms with E-state index in [1.54, 1.807) is 4.52 Å². The Bertz CT molecular complexity index is 816. The summed E-state index contributed by atoms with van der Waals surface area (Å²) < 4.78 is 1.74. The lowest BCUT2D eigenvalue weighted by atomic mass is 10.2. The van der Waals surface area contributed by atoms with Crippen LogP contribution in [0.15, 0.2) is 47.5 Å². The molecule has 2 heterocycles. The molecule has 0 spiro atoms. The van der Waals surface area contributed by atoms with E-state index >= 15 is 0 Å². The van der Waals surface area contributed by atoms with Crippen LogP contribution in [0.1, 0.15) is 25.6 Å². The third-order valence-electron chi connectivity index (χ3n) is 3.19. The van der Waals surface area contributed by atoms with Crippen molar-refractivity contribution in [3.63, 3.8) is 0 Å². The number of thioether (sulfide) groups is 1. The number of rotatable bonds is 5. The molecule has 0 bridgehead atoms. The fraction of sp³-hybridized carbons (Fsp3) is 0.250. The second-order valence-electron chi connectivity index (χ2n) is 5.36. The summed E-state index contributed by atoms with van der Waals surface area (Å²) in [6, 6.07) is 13.1. The first-order valence-corrected chi connectivity index (χ1v) is 8.32. The number of aromatic nitrogens is 4. The second-order valence-corrected chi connectivity index (χ2v) is 6.35. The third kappa shape index (κ3) is 3.68. The summed E-state index contributed by atoms with van der Waals surface area (Å²) in [6.07, 6.45) is 0. The highest BCUT2D eigenvalue weighted by Crippen LogP contribution is 2.18. The van der Waals surface area contributed by atoms with Gasteiger partial charge in [0.05, 0.1) is 5.75 Å². The summed E-state index contributed by atoms with van der Waals surface area (Å²) in [5.41, 5.74) is 1.51. The van der Waals surface area contributed by atoms with Crippen molar-refractivity contribution in [1.82, 2.24) is 19.8 Å². The molecule has 1 N–H and O–H groups in total. The van der Waals surface area contributed by atoms with E-state index in [2.05, 4.69) is 20.6 Å². The smallest absolute Gasteiger partial charge is 0.234 e. The number of benzene rings is 1. The van der Waals surface area contributed by atoms with Crippen LogP contribution in [-0.4, -0.2) is 31.5 Å². The molecule has 0 saturated heterocycles. The predicted octanol–water partition coefficient (Wildman–Crippen LogP) is 2.98. The molecule has 1 aromatic carbocycles. The van der Waals surface area contributed by atoms with Crippen molar-refractivity contribution in [3.8, 4) is 0 Å². The zero-order chi connectivity index (χ0) is 16.2. The number of carbonyl (C=O) groups excluding carboxylic acids is 1. The van der Waals surface area contributed by atoms with Crippen molar-refractivity contribution in [2.45, 2.75) is 24.8 Å². The molecule has 0 radical (unpaired) electrons. The first-order valence-electron chi connectivity index (χ1n) is 7.33. The number of anilines is 1. The molecule has 0 fully saturated rings. The van der Waals surface area contributed by atoms with Crippen LogP contribution in [-0.2, 0) is 4.79 Å². The van der Waals surface area contributed by atoms with Crippen LogP contribution in [0.3, 0.4) is 0 Å². The van der Waals surface area contributed by atoms with Gasteiger partial charge in [0.2, 0.25) is 5.91 Å². The van der Waals surface area contributed by atoms with E-state index in [9.17, 15) is 4.79 Å². The Morgan fingerprint density at radius 2 is 1.96 bits per heavy atom. The van der Waals surface area contributed by atoms with Crippen LogP contribution in [0.4, 0.5) is 5.69 Å². The quantitative estimate of drug-likeness (QED) is 0.729. The van der Waals surface area contributed by atoms with Crippen molar-refractivity contribution >= 4 is 29.0 Å². The number of carbonyl (C=O) groups is 1. The molecule has 2 aromatic heterocycles. The molecule has 6 nitrogen and oxygen atoms in total. The first-order chi connectivity index (χ1) is 11.1. The van der Waals surface area contributed by atoms with Crippen molar-refractivity contribution in [2.24, 2.45) is 0 Å². The van der Waals surface area contributed by atoms with E-state index in [-0.39, 0.29) is 11.8 Å². The number of nitrogens with zero attached hydrogens (tertiary/aromatic N) is 4. The fourth-order valence-electron chi connectivity index (χ4n) is 2.08. The van der Waals surface area contributed by atoms with Crippen LogP contribution < -0.4 is 5.32 Å². The topological polar surface area (TPSA) is 72.2 Å². The van der Waals surface area contributed by atoms with Crippen molar-refractivity contribution < 1.29 is 4.79 Å². The van der Waals surface area contributed by atoms with E-state index in [4.69, 9.17) is 0 Å². The van der Waals surface area contributed by atoms with E-state index in [0.29, 0.717) is 11.4 Å². The molecule has 0 aliphatic carbocycles. The van der Waals surface area contributed by atoms with Gasteiger partial charge in [-0.05, 0) is 24.3 Å². The molecule has 0 unspecified atom stereocenters. The molecule has 23 heavy (non-hydrogen) atoms. The number of fused-ring (bicyclic) bond motifs is 1. The van der Waals surface area contributed by atoms with Crippen molar-refractivity contribution in [1.29, 1.82) is 0 Å². The Morgan fingerprint density at radius 3 is 2.70 bits per heavy atom. The summed E-state index contributed by atoms with van der Waals surface area (Å²) in [7, 11) is 0. The highest BCUT2D eigenvalue weighted by molar-refractivity contribution is 7.99. The minimum absolute atomic E-state index is 0.0593. The summed E-state index contributed by atoms with van der Waals surface area (Å²) in [5.74, 6) is 1.29. The SMILES string of the molecule is CC(C)c1nnc2ccc(SCC(=O)Nc3ccccc3)nn12.